The quantitative estimate of drug-likeness (QED) is 0.757. The summed E-state index contributed by atoms with van der Waals surface area (Å²) >= 11 is 0. The Labute approximate surface area is 106 Å². The van der Waals surface area contributed by atoms with Crippen molar-refractivity contribution in [3.8, 4) is 0 Å². The van der Waals surface area contributed by atoms with E-state index in [0.717, 1.165) is 0 Å². The van der Waals surface area contributed by atoms with Crippen molar-refractivity contribution in [2.24, 2.45) is 5.73 Å². The van der Waals surface area contributed by atoms with Crippen molar-refractivity contribution in [2.75, 3.05) is 26.0 Å². The molecular weight excluding hydrogens is 230 g/mol. The normalized spacial score (nSPS) is 10.8. The van der Waals surface area contributed by atoms with Gasteiger partial charge in [0.05, 0.1) is 0 Å². The predicted molar refractivity (Wildman–Crippen MR) is 71.3 cm³/mol. The van der Waals surface area contributed by atoms with E-state index in [2.05, 4.69) is 5.32 Å². The largest absolute Gasteiger partial charge is 0.366 e. The molecule has 1 aromatic carbocycles. The summed E-state index contributed by atoms with van der Waals surface area (Å²) in [6, 6.07) is 6.42. The Morgan fingerprint density at radius 2 is 1.89 bits per heavy atom. The first-order chi connectivity index (χ1) is 8.49. The van der Waals surface area contributed by atoms with Crippen molar-refractivity contribution in [2.45, 2.75) is 0 Å². The van der Waals surface area contributed by atoms with Crippen LogP contribution in [0.5, 0.6) is 0 Å². The molecule has 1 aromatic rings. The molecule has 0 fully saturated rings. The molecule has 1 rings (SSSR count). The van der Waals surface area contributed by atoms with E-state index in [1.807, 2.05) is 19.0 Å². The molecule has 96 valence electrons. The minimum Gasteiger partial charge on any atom is -0.366 e. The molecule has 0 radical (unpaired) electrons. The highest BCUT2D eigenvalue weighted by molar-refractivity contribution is 6.00. The van der Waals surface area contributed by atoms with Crippen molar-refractivity contribution in [1.29, 1.82) is 0 Å². The van der Waals surface area contributed by atoms with E-state index in [1.165, 1.54) is 6.08 Å². The van der Waals surface area contributed by atoms with Crippen LogP contribution in [0.15, 0.2) is 36.4 Å². The second-order valence-corrected chi connectivity index (χ2v) is 4.10. The van der Waals surface area contributed by atoms with Crippen molar-refractivity contribution < 1.29 is 9.59 Å². The zero-order chi connectivity index (χ0) is 13.5. The van der Waals surface area contributed by atoms with Gasteiger partial charge >= 0.3 is 0 Å². The number of rotatable bonds is 5. The maximum Gasteiger partial charge on any atom is 0.248 e. The molecule has 0 bridgehead atoms. The molecule has 0 aliphatic rings. The Balaban J connectivity index is 2.54. The van der Waals surface area contributed by atoms with Crippen molar-refractivity contribution in [3.63, 3.8) is 0 Å². The Kier molecular flexibility index (Phi) is 5.07. The fraction of sp³-hybridized carbons (Fsp3) is 0.231. The number of hydrogen-bond donors (Lipinski definition) is 2. The summed E-state index contributed by atoms with van der Waals surface area (Å²) in [5.74, 6) is -0.692. The average molecular weight is 247 g/mol. The number of anilines is 1. The highest BCUT2D eigenvalue weighted by Gasteiger charge is 2.01. The summed E-state index contributed by atoms with van der Waals surface area (Å²) in [6.45, 7) is 0.702. The fourth-order valence-electron chi connectivity index (χ4n) is 1.27. The number of carbonyl (C=O) groups is 2. The van der Waals surface area contributed by atoms with Crippen LogP contribution in [0, 0.1) is 0 Å². The molecular formula is C13H17N3O2. The smallest absolute Gasteiger partial charge is 0.248 e. The molecule has 0 heterocycles. The van der Waals surface area contributed by atoms with Gasteiger partial charge in [0.1, 0.15) is 0 Å². The molecule has 0 aliphatic carbocycles. The minimum atomic E-state index is -0.487. The summed E-state index contributed by atoms with van der Waals surface area (Å²) in [5.41, 5.74) is 6.15. The van der Waals surface area contributed by atoms with Gasteiger partial charge in [-0.25, -0.2) is 0 Å². The predicted octanol–water partition coefficient (Wildman–Crippen LogP) is 0.842. The number of amides is 2. The molecule has 0 spiro atoms. The van der Waals surface area contributed by atoms with Crippen LogP contribution < -0.4 is 11.1 Å². The number of primary amides is 1. The van der Waals surface area contributed by atoms with Crippen LogP contribution in [0.2, 0.25) is 0 Å². The SMILES string of the molecule is CN(C)C/C=C/C(=O)Nc1ccc(C(N)=O)cc1. The third-order valence-electron chi connectivity index (χ3n) is 2.18. The van der Waals surface area contributed by atoms with Crippen LogP contribution >= 0.6 is 0 Å². The zero-order valence-electron chi connectivity index (χ0n) is 10.5. The van der Waals surface area contributed by atoms with Crippen molar-refractivity contribution in [3.05, 3.63) is 42.0 Å². The number of benzene rings is 1. The molecule has 5 nitrogen and oxygen atoms in total. The second-order valence-electron chi connectivity index (χ2n) is 4.10. The first-order valence-electron chi connectivity index (χ1n) is 5.51. The van der Waals surface area contributed by atoms with Gasteiger partial charge in [0, 0.05) is 23.9 Å². The van der Waals surface area contributed by atoms with Crippen molar-refractivity contribution >= 4 is 17.5 Å². The summed E-state index contributed by atoms with van der Waals surface area (Å²) in [6.07, 6.45) is 3.25. The molecule has 5 heteroatoms. The lowest BCUT2D eigenvalue weighted by Crippen LogP contribution is -2.13. The van der Waals surface area contributed by atoms with Crippen LogP contribution in [0.3, 0.4) is 0 Å². The van der Waals surface area contributed by atoms with E-state index >= 15 is 0 Å². The molecule has 18 heavy (non-hydrogen) atoms. The first-order valence-corrected chi connectivity index (χ1v) is 5.51. The highest BCUT2D eigenvalue weighted by Crippen LogP contribution is 2.08. The number of nitrogens with zero attached hydrogens (tertiary/aromatic N) is 1. The Hall–Kier alpha value is -2.14. The first kappa shape index (κ1) is 13.9. The summed E-state index contributed by atoms with van der Waals surface area (Å²) in [5, 5.41) is 2.69. The third-order valence-corrected chi connectivity index (χ3v) is 2.18. The van der Waals surface area contributed by atoms with Gasteiger partial charge in [-0.3, -0.25) is 9.59 Å². The van der Waals surface area contributed by atoms with Crippen LogP contribution in [-0.2, 0) is 4.79 Å². The van der Waals surface area contributed by atoms with E-state index < -0.39 is 5.91 Å². The fourth-order valence-corrected chi connectivity index (χ4v) is 1.27. The average Bonchev–Trinajstić information content (AvgIpc) is 2.29. The monoisotopic (exact) mass is 247 g/mol. The molecule has 0 saturated heterocycles. The molecule has 0 aromatic heterocycles. The Bertz CT molecular complexity index is 450. The third kappa shape index (κ3) is 4.80. The van der Waals surface area contributed by atoms with E-state index in [0.29, 0.717) is 17.8 Å². The van der Waals surface area contributed by atoms with Gasteiger partial charge in [0.15, 0.2) is 0 Å². The number of hydrogen-bond acceptors (Lipinski definition) is 3. The summed E-state index contributed by atoms with van der Waals surface area (Å²) in [7, 11) is 3.84. The molecule has 3 N–H and O–H groups in total. The van der Waals surface area contributed by atoms with Crippen molar-refractivity contribution in [1.82, 2.24) is 4.90 Å². The van der Waals surface area contributed by atoms with E-state index in [1.54, 1.807) is 30.3 Å². The number of likely N-dealkylation sites (N-methyl/N-ethyl adjacent to an activating group) is 1. The number of nitrogens with two attached hydrogens (primary N) is 1. The second kappa shape index (κ2) is 6.56. The topological polar surface area (TPSA) is 75.4 Å². The van der Waals surface area contributed by atoms with E-state index in [4.69, 9.17) is 5.73 Å². The van der Waals surface area contributed by atoms with Gasteiger partial charge in [0.25, 0.3) is 0 Å². The van der Waals surface area contributed by atoms with Gasteiger partial charge in [-0.15, -0.1) is 0 Å². The molecule has 2 amide bonds. The van der Waals surface area contributed by atoms with Gasteiger partial charge in [-0.1, -0.05) is 6.08 Å². The lowest BCUT2D eigenvalue weighted by Gasteiger charge is -2.05. The van der Waals surface area contributed by atoms with Crippen LogP contribution in [0.4, 0.5) is 5.69 Å². The molecule has 0 saturated carbocycles. The van der Waals surface area contributed by atoms with Gasteiger partial charge in [0.2, 0.25) is 11.8 Å². The Morgan fingerprint density at radius 3 is 2.39 bits per heavy atom. The Morgan fingerprint density at radius 1 is 1.28 bits per heavy atom. The van der Waals surface area contributed by atoms with Gasteiger partial charge < -0.3 is 16.0 Å². The maximum atomic E-state index is 11.5. The number of nitrogens with one attached hydrogen (secondary N) is 1. The van der Waals surface area contributed by atoms with Crippen LogP contribution in [0.25, 0.3) is 0 Å². The highest BCUT2D eigenvalue weighted by atomic mass is 16.1. The zero-order valence-corrected chi connectivity index (χ0v) is 10.5. The van der Waals surface area contributed by atoms with Gasteiger partial charge in [-0.05, 0) is 38.4 Å². The molecule has 0 unspecified atom stereocenters. The van der Waals surface area contributed by atoms with Crippen LogP contribution in [-0.4, -0.2) is 37.4 Å². The van der Waals surface area contributed by atoms with E-state index in [-0.39, 0.29) is 5.91 Å². The molecule has 0 atom stereocenters. The lowest BCUT2D eigenvalue weighted by molar-refractivity contribution is -0.111. The van der Waals surface area contributed by atoms with E-state index in [9.17, 15) is 9.59 Å². The summed E-state index contributed by atoms with van der Waals surface area (Å²) < 4.78 is 0. The number of carbonyl (C=O) groups excluding carboxylic acids is 2. The minimum absolute atomic E-state index is 0.205. The lowest BCUT2D eigenvalue weighted by atomic mass is 10.2. The van der Waals surface area contributed by atoms with Crippen LogP contribution in [0.1, 0.15) is 10.4 Å². The van der Waals surface area contributed by atoms with Gasteiger partial charge in [-0.2, -0.15) is 0 Å². The molecule has 0 aliphatic heterocycles. The standard InChI is InChI=1S/C13H17N3O2/c1-16(2)9-3-4-12(17)15-11-7-5-10(6-8-11)13(14)18/h3-8H,9H2,1-2H3,(H2,14,18)(H,15,17)/b4-3+. The summed E-state index contributed by atoms with van der Waals surface area (Å²) in [4.78, 5) is 24.3. The maximum absolute atomic E-state index is 11.5.